The molecule has 2 aliphatic rings. The minimum absolute atomic E-state index is 0.0485. The van der Waals surface area contributed by atoms with E-state index in [0.717, 1.165) is 90.1 Å². The van der Waals surface area contributed by atoms with Crippen LogP contribution in [0.4, 0.5) is 4.79 Å². The molecular formula is C37H47N7O4. The number of methoxy groups -OCH3 is 1. The number of aldehydes is 1. The number of hydrogen-bond donors (Lipinski definition) is 4. The monoisotopic (exact) mass is 653 g/mol. The number of aromatic amines is 2. The molecule has 5 N–H and O–H groups in total. The van der Waals surface area contributed by atoms with Gasteiger partial charge >= 0.3 is 6.09 Å². The number of carbonyl (C=O) groups is 3. The predicted molar refractivity (Wildman–Crippen MR) is 186 cm³/mol. The van der Waals surface area contributed by atoms with E-state index < -0.39 is 12.1 Å². The van der Waals surface area contributed by atoms with Gasteiger partial charge in [-0.1, -0.05) is 75.2 Å². The van der Waals surface area contributed by atoms with Gasteiger partial charge in [-0.05, 0) is 60.9 Å². The van der Waals surface area contributed by atoms with Crippen molar-refractivity contribution in [2.45, 2.75) is 70.4 Å². The normalized spacial score (nSPS) is 19.7. The predicted octanol–water partition coefficient (Wildman–Crippen LogP) is 6.23. The SMILES string of the molecule is CN.COC(=O)NC(C(=O)N1CCCC1c1ncc(-c2ccc(-c3ccc(-c4cnc([C@@H]5CCCCC5C=O)[nH]4)cc3)cc2)[nH]1)C(C)C. The van der Waals surface area contributed by atoms with Crippen LogP contribution in [0.15, 0.2) is 60.9 Å². The number of nitrogens with two attached hydrogens (primary N) is 1. The summed E-state index contributed by atoms with van der Waals surface area (Å²) < 4.78 is 4.74. The number of nitrogens with one attached hydrogen (secondary N) is 3. The van der Waals surface area contributed by atoms with Crippen molar-refractivity contribution in [2.75, 3.05) is 20.7 Å². The molecule has 2 aromatic heterocycles. The third-order valence-electron chi connectivity index (χ3n) is 9.50. The Morgan fingerprint density at radius 3 is 1.96 bits per heavy atom. The molecule has 4 atom stereocenters. The molecule has 1 aliphatic carbocycles. The van der Waals surface area contributed by atoms with E-state index in [1.165, 1.54) is 14.2 Å². The van der Waals surface area contributed by atoms with Gasteiger partial charge in [0.15, 0.2) is 0 Å². The Labute approximate surface area is 282 Å². The number of likely N-dealkylation sites (tertiary alicyclic amines) is 1. The lowest BCUT2D eigenvalue weighted by Gasteiger charge is -2.30. The number of rotatable bonds is 9. The molecule has 4 aromatic rings. The molecule has 48 heavy (non-hydrogen) atoms. The smallest absolute Gasteiger partial charge is 0.407 e. The van der Waals surface area contributed by atoms with Gasteiger partial charge in [0.2, 0.25) is 5.91 Å². The average Bonchev–Trinajstić information content (AvgIpc) is 3.93. The van der Waals surface area contributed by atoms with Gasteiger partial charge in [0.25, 0.3) is 0 Å². The first-order valence-electron chi connectivity index (χ1n) is 16.8. The Balaban J connectivity index is 0.00000221. The largest absolute Gasteiger partial charge is 0.453 e. The van der Waals surface area contributed by atoms with Crippen molar-refractivity contribution in [2.24, 2.45) is 17.6 Å². The second-order valence-electron chi connectivity index (χ2n) is 12.8. The molecule has 6 rings (SSSR count). The molecule has 1 saturated heterocycles. The van der Waals surface area contributed by atoms with Gasteiger partial charge in [-0.15, -0.1) is 0 Å². The quantitative estimate of drug-likeness (QED) is 0.156. The summed E-state index contributed by atoms with van der Waals surface area (Å²) in [5.74, 6) is 1.67. The first kappa shape index (κ1) is 34.6. The van der Waals surface area contributed by atoms with Crippen LogP contribution in [-0.2, 0) is 14.3 Å². The fraction of sp³-hybridized carbons (Fsp3) is 0.432. The van der Waals surface area contributed by atoms with E-state index in [1.807, 2.05) is 31.1 Å². The number of alkyl carbamates (subject to hydrolysis) is 1. The second kappa shape index (κ2) is 15.9. The maximum absolute atomic E-state index is 13.5. The highest BCUT2D eigenvalue weighted by molar-refractivity contribution is 5.86. The van der Waals surface area contributed by atoms with E-state index in [0.29, 0.717) is 6.54 Å². The van der Waals surface area contributed by atoms with Gasteiger partial charge in [0, 0.05) is 18.4 Å². The molecule has 0 spiro atoms. The number of ether oxygens (including phenoxy) is 1. The third kappa shape index (κ3) is 7.52. The zero-order valence-corrected chi connectivity index (χ0v) is 28.2. The lowest BCUT2D eigenvalue weighted by molar-refractivity contribution is -0.135. The van der Waals surface area contributed by atoms with Crippen LogP contribution in [0.5, 0.6) is 0 Å². The highest BCUT2D eigenvalue weighted by Crippen LogP contribution is 2.37. The van der Waals surface area contributed by atoms with Crippen molar-refractivity contribution in [3.8, 4) is 33.6 Å². The maximum Gasteiger partial charge on any atom is 0.407 e. The summed E-state index contributed by atoms with van der Waals surface area (Å²) >= 11 is 0. The fourth-order valence-electron chi connectivity index (χ4n) is 6.86. The fourth-order valence-corrected chi connectivity index (χ4v) is 6.86. The van der Waals surface area contributed by atoms with Crippen LogP contribution in [0.25, 0.3) is 33.6 Å². The van der Waals surface area contributed by atoms with E-state index in [9.17, 15) is 14.4 Å². The van der Waals surface area contributed by atoms with Crippen LogP contribution < -0.4 is 11.1 Å². The molecule has 1 aliphatic heterocycles. The van der Waals surface area contributed by atoms with Crippen LogP contribution >= 0.6 is 0 Å². The zero-order valence-electron chi connectivity index (χ0n) is 28.2. The van der Waals surface area contributed by atoms with Crippen molar-refractivity contribution in [1.82, 2.24) is 30.2 Å². The van der Waals surface area contributed by atoms with Crippen LogP contribution in [0.2, 0.25) is 0 Å². The number of amides is 2. The maximum atomic E-state index is 13.5. The number of benzene rings is 2. The Morgan fingerprint density at radius 1 is 0.854 bits per heavy atom. The molecule has 11 heteroatoms. The highest BCUT2D eigenvalue weighted by Gasteiger charge is 2.37. The lowest BCUT2D eigenvalue weighted by atomic mass is 9.80. The van der Waals surface area contributed by atoms with Gasteiger partial charge in [-0.25, -0.2) is 14.8 Å². The number of hydrogen-bond acceptors (Lipinski definition) is 7. The average molecular weight is 654 g/mol. The minimum Gasteiger partial charge on any atom is -0.453 e. The molecule has 2 aromatic carbocycles. The number of aromatic nitrogens is 4. The number of H-pyrrole nitrogens is 2. The van der Waals surface area contributed by atoms with Crippen LogP contribution in [0, 0.1) is 11.8 Å². The number of imidazole rings is 2. The summed E-state index contributed by atoms with van der Waals surface area (Å²) in [7, 11) is 2.80. The van der Waals surface area contributed by atoms with E-state index in [-0.39, 0.29) is 29.7 Å². The molecule has 0 radical (unpaired) electrons. The molecule has 3 unspecified atom stereocenters. The number of carbonyl (C=O) groups excluding carboxylic acids is 3. The molecule has 3 heterocycles. The zero-order chi connectivity index (χ0) is 34.2. The van der Waals surface area contributed by atoms with Crippen LogP contribution in [0.3, 0.4) is 0 Å². The second-order valence-corrected chi connectivity index (χ2v) is 12.8. The van der Waals surface area contributed by atoms with E-state index in [1.54, 1.807) is 0 Å². The van der Waals surface area contributed by atoms with Crippen molar-refractivity contribution in [3.63, 3.8) is 0 Å². The number of nitrogens with zero attached hydrogens (tertiary/aromatic N) is 3. The topological polar surface area (TPSA) is 159 Å². The Bertz CT molecular complexity index is 1660. The Morgan fingerprint density at radius 2 is 1.40 bits per heavy atom. The molecule has 1 saturated carbocycles. The molecule has 2 fully saturated rings. The van der Waals surface area contributed by atoms with E-state index in [4.69, 9.17) is 4.74 Å². The molecule has 2 amide bonds. The summed E-state index contributed by atoms with van der Waals surface area (Å²) in [5.41, 5.74) is 10.6. The molecular weight excluding hydrogens is 606 g/mol. The summed E-state index contributed by atoms with van der Waals surface area (Å²) in [6.07, 6.45) is 10.0. The van der Waals surface area contributed by atoms with Crippen molar-refractivity contribution in [3.05, 3.63) is 72.6 Å². The highest BCUT2D eigenvalue weighted by atomic mass is 16.5. The summed E-state index contributed by atoms with van der Waals surface area (Å²) in [6, 6.07) is 15.9. The van der Waals surface area contributed by atoms with Crippen LogP contribution in [-0.4, -0.2) is 69.9 Å². The first-order valence-corrected chi connectivity index (χ1v) is 16.8. The van der Waals surface area contributed by atoms with Crippen molar-refractivity contribution in [1.29, 1.82) is 0 Å². The summed E-state index contributed by atoms with van der Waals surface area (Å²) in [5, 5.41) is 2.69. The van der Waals surface area contributed by atoms with Gasteiger partial charge in [0.1, 0.15) is 24.0 Å². The summed E-state index contributed by atoms with van der Waals surface area (Å²) in [6.45, 7) is 4.43. The van der Waals surface area contributed by atoms with Gasteiger partial charge in [-0.3, -0.25) is 4.79 Å². The van der Waals surface area contributed by atoms with Gasteiger partial charge in [-0.2, -0.15) is 0 Å². The third-order valence-corrected chi connectivity index (χ3v) is 9.50. The van der Waals surface area contributed by atoms with E-state index in [2.05, 4.69) is 79.5 Å². The molecule has 254 valence electrons. The van der Waals surface area contributed by atoms with Crippen molar-refractivity contribution < 1.29 is 19.1 Å². The van der Waals surface area contributed by atoms with Gasteiger partial charge in [0.05, 0.1) is 36.9 Å². The minimum atomic E-state index is -0.668. The van der Waals surface area contributed by atoms with Crippen LogP contribution in [0.1, 0.15) is 76.0 Å². The Kier molecular flexibility index (Phi) is 11.4. The molecule has 11 nitrogen and oxygen atoms in total. The van der Waals surface area contributed by atoms with Gasteiger partial charge < -0.3 is 35.4 Å². The van der Waals surface area contributed by atoms with Crippen molar-refractivity contribution >= 4 is 18.3 Å². The molecule has 0 bridgehead atoms. The Hall–Kier alpha value is -4.77. The van der Waals surface area contributed by atoms with E-state index >= 15 is 0 Å². The lowest BCUT2D eigenvalue weighted by Crippen LogP contribution is -2.51. The first-order chi connectivity index (χ1) is 23.4. The summed E-state index contributed by atoms with van der Waals surface area (Å²) in [4.78, 5) is 55.0. The standard InChI is InChI=1S/C36H42N6O4.CH5N/c1-22(2)32(41-36(45)46-3)35(44)42-18-6-9-31(42)34-38-20-30(40-34)26-16-12-24(13-17-26)23-10-14-25(15-11-23)29-19-37-33(39-29)28-8-5-4-7-27(28)21-43;1-2/h10-17,19-22,27-28,31-32H,4-9,18H2,1-3H3,(H,37,39)(H,38,40)(H,41,45);2H2,1H3/t27?,28-,31?,32?;/m1./s1.